The fourth-order valence-electron chi connectivity index (χ4n) is 3.33. The molecule has 0 fully saturated rings. The van der Waals surface area contributed by atoms with Crippen molar-refractivity contribution in [1.29, 1.82) is 0 Å². The van der Waals surface area contributed by atoms with Gasteiger partial charge in [0.05, 0.1) is 0 Å². The van der Waals surface area contributed by atoms with Gasteiger partial charge in [-0.3, -0.25) is 0 Å². The maximum atomic E-state index is 4.43. The van der Waals surface area contributed by atoms with Crippen molar-refractivity contribution in [3.8, 4) is 11.1 Å². The summed E-state index contributed by atoms with van der Waals surface area (Å²) < 4.78 is 0. The van der Waals surface area contributed by atoms with Crippen LogP contribution in [0.25, 0.3) is 22.2 Å². The first-order valence-corrected chi connectivity index (χ1v) is 8.53. The number of nitrogens with zero attached hydrogens (tertiary/aromatic N) is 2. The number of H-pyrrole nitrogens is 1. The zero-order valence-corrected chi connectivity index (χ0v) is 14.3. The van der Waals surface area contributed by atoms with E-state index in [4.69, 9.17) is 0 Å². The third-order valence-electron chi connectivity index (χ3n) is 4.69. The smallest absolute Gasteiger partial charge is 0.121 e. The lowest BCUT2D eigenvalue weighted by molar-refractivity contribution is 0.451. The topological polar surface area (TPSA) is 41.6 Å². The molecule has 0 radical (unpaired) electrons. The van der Waals surface area contributed by atoms with Crippen LogP contribution in [0.2, 0.25) is 0 Å². The minimum absolute atomic E-state index is 0.119. The minimum Gasteiger partial charge on any atom is -0.197 e. The Morgan fingerprint density at radius 2 is 1.74 bits per heavy atom. The molecule has 3 aromatic rings. The molecule has 3 heteroatoms. The van der Waals surface area contributed by atoms with Crippen molar-refractivity contribution < 1.29 is 0 Å². The highest BCUT2D eigenvalue weighted by molar-refractivity contribution is 5.93. The van der Waals surface area contributed by atoms with Gasteiger partial charge in [-0.05, 0) is 29.0 Å². The van der Waals surface area contributed by atoms with Crippen LogP contribution >= 0.6 is 0 Å². The quantitative estimate of drug-likeness (QED) is 0.612. The number of aromatic amines is 1. The van der Waals surface area contributed by atoms with Crippen LogP contribution in [0.15, 0.2) is 42.5 Å². The third kappa shape index (κ3) is 3.14. The number of hydrogen-bond donors (Lipinski definition) is 1. The van der Waals surface area contributed by atoms with E-state index in [0.29, 0.717) is 0 Å². The average molecular weight is 307 g/mol. The molecular weight excluding hydrogens is 282 g/mol. The molecule has 0 aliphatic carbocycles. The van der Waals surface area contributed by atoms with Gasteiger partial charge in [0.2, 0.25) is 0 Å². The molecule has 0 amide bonds. The number of fused-ring (bicyclic) bond motifs is 1. The predicted molar refractivity (Wildman–Crippen MR) is 96.5 cm³/mol. The van der Waals surface area contributed by atoms with Crippen LogP contribution in [0.3, 0.4) is 0 Å². The molecule has 1 heterocycles. The Hall–Kier alpha value is -2.16. The molecule has 3 rings (SSSR count). The molecule has 23 heavy (non-hydrogen) atoms. The molecule has 0 saturated carbocycles. The Labute approximate surface area is 138 Å². The van der Waals surface area contributed by atoms with Crippen LogP contribution < -0.4 is 0 Å². The van der Waals surface area contributed by atoms with E-state index in [0.717, 1.165) is 11.0 Å². The van der Waals surface area contributed by atoms with Crippen molar-refractivity contribution in [2.75, 3.05) is 0 Å². The van der Waals surface area contributed by atoms with E-state index in [2.05, 4.69) is 78.6 Å². The lowest BCUT2D eigenvalue weighted by Crippen LogP contribution is -2.18. The Kier molecular flexibility index (Phi) is 4.46. The lowest BCUT2D eigenvalue weighted by Gasteiger charge is -2.28. The number of benzene rings is 2. The molecule has 120 valence electrons. The molecule has 0 atom stereocenters. The summed E-state index contributed by atoms with van der Waals surface area (Å²) in [5, 5.41) is 11.5. The summed E-state index contributed by atoms with van der Waals surface area (Å²) in [4.78, 5) is 0. The minimum atomic E-state index is 0.119. The second-order valence-electron chi connectivity index (χ2n) is 6.89. The van der Waals surface area contributed by atoms with E-state index < -0.39 is 0 Å². The van der Waals surface area contributed by atoms with Gasteiger partial charge in [0.1, 0.15) is 11.0 Å². The van der Waals surface area contributed by atoms with Gasteiger partial charge in [0.25, 0.3) is 0 Å². The maximum Gasteiger partial charge on any atom is 0.121 e. The molecule has 0 saturated heterocycles. The fourth-order valence-corrected chi connectivity index (χ4v) is 3.33. The van der Waals surface area contributed by atoms with Crippen molar-refractivity contribution in [2.24, 2.45) is 0 Å². The Bertz CT molecular complexity index is 772. The molecule has 1 N–H and O–H groups in total. The van der Waals surface area contributed by atoms with Gasteiger partial charge in [0, 0.05) is 5.56 Å². The van der Waals surface area contributed by atoms with Gasteiger partial charge < -0.3 is 0 Å². The monoisotopic (exact) mass is 307 g/mol. The van der Waals surface area contributed by atoms with Crippen LogP contribution in [0.5, 0.6) is 0 Å². The predicted octanol–water partition coefficient (Wildman–Crippen LogP) is 5.48. The second kappa shape index (κ2) is 6.53. The SMILES string of the molecule is CCCCCC(C)(C)c1ccc2n[nH]nc2c1-c1ccccc1. The molecule has 0 bridgehead atoms. The summed E-state index contributed by atoms with van der Waals surface area (Å²) in [6.45, 7) is 6.94. The van der Waals surface area contributed by atoms with Crippen LogP contribution in [-0.2, 0) is 5.41 Å². The van der Waals surface area contributed by atoms with E-state index in [9.17, 15) is 0 Å². The normalized spacial score (nSPS) is 12.0. The van der Waals surface area contributed by atoms with Gasteiger partial charge in [-0.25, -0.2) is 0 Å². The third-order valence-corrected chi connectivity index (χ3v) is 4.69. The first-order chi connectivity index (χ1) is 11.1. The van der Waals surface area contributed by atoms with E-state index >= 15 is 0 Å². The van der Waals surface area contributed by atoms with Crippen molar-refractivity contribution in [2.45, 2.75) is 51.9 Å². The van der Waals surface area contributed by atoms with Crippen molar-refractivity contribution in [3.63, 3.8) is 0 Å². The number of unbranched alkanes of at least 4 members (excludes halogenated alkanes) is 2. The Balaban J connectivity index is 2.13. The van der Waals surface area contributed by atoms with Gasteiger partial charge in [-0.15, -0.1) is 0 Å². The molecule has 0 spiro atoms. The molecular formula is C20H25N3. The number of nitrogens with one attached hydrogen (secondary N) is 1. The molecule has 0 aliphatic rings. The standard InChI is InChI=1S/C20H25N3/c1-4-5-9-14-20(2,3)16-12-13-17-19(22-23-21-17)18(16)15-10-7-6-8-11-15/h6-8,10-13H,4-5,9,14H2,1-3H3,(H,21,22,23). The zero-order valence-electron chi connectivity index (χ0n) is 14.3. The Morgan fingerprint density at radius 3 is 2.48 bits per heavy atom. The van der Waals surface area contributed by atoms with Gasteiger partial charge >= 0.3 is 0 Å². The first kappa shape index (κ1) is 15.7. The lowest BCUT2D eigenvalue weighted by atomic mass is 9.76. The molecule has 0 aliphatic heterocycles. The van der Waals surface area contributed by atoms with Gasteiger partial charge in [-0.1, -0.05) is 76.4 Å². The molecule has 0 unspecified atom stereocenters. The van der Waals surface area contributed by atoms with Crippen LogP contribution in [0.4, 0.5) is 0 Å². The maximum absolute atomic E-state index is 4.43. The molecule has 3 nitrogen and oxygen atoms in total. The first-order valence-electron chi connectivity index (χ1n) is 8.53. The Morgan fingerprint density at radius 1 is 0.957 bits per heavy atom. The van der Waals surface area contributed by atoms with E-state index in [1.54, 1.807) is 0 Å². The molecule has 1 aromatic heterocycles. The summed E-state index contributed by atoms with van der Waals surface area (Å²) in [7, 11) is 0. The number of rotatable bonds is 6. The highest BCUT2D eigenvalue weighted by atomic mass is 15.3. The van der Waals surface area contributed by atoms with Crippen molar-refractivity contribution in [3.05, 3.63) is 48.0 Å². The summed E-state index contributed by atoms with van der Waals surface area (Å²) in [5.74, 6) is 0. The highest BCUT2D eigenvalue weighted by Crippen LogP contribution is 2.39. The van der Waals surface area contributed by atoms with E-state index in [-0.39, 0.29) is 5.41 Å². The van der Waals surface area contributed by atoms with Crippen molar-refractivity contribution >= 4 is 11.0 Å². The van der Waals surface area contributed by atoms with Crippen LogP contribution in [-0.4, -0.2) is 15.4 Å². The summed E-state index contributed by atoms with van der Waals surface area (Å²) >= 11 is 0. The molecule has 2 aromatic carbocycles. The van der Waals surface area contributed by atoms with Gasteiger partial charge in [0.15, 0.2) is 0 Å². The average Bonchev–Trinajstić information content (AvgIpc) is 3.03. The summed E-state index contributed by atoms with van der Waals surface area (Å²) in [6.07, 6.45) is 4.98. The number of hydrogen-bond acceptors (Lipinski definition) is 2. The largest absolute Gasteiger partial charge is 0.197 e. The van der Waals surface area contributed by atoms with Gasteiger partial charge in [-0.2, -0.15) is 15.4 Å². The summed E-state index contributed by atoms with van der Waals surface area (Å²) in [5.41, 5.74) is 5.81. The fraction of sp³-hybridized carbons (Fsp3) is 0.400. The van der Waals surface area contributed by atoms with E-state index in [1.165, 1.54) is 42.4 Å². The van der Waals surface area contributed by atoms with Crippen molar-refractivity contribution in [1.82, 2.24) is 15.4 Å². The van der Waals surface area contributed by atoms with E-state index in [1.807, 2.05) is 0 Å². The number of aromatic nitrogens is 3. The van der Waals surface area contributed by atoms with Crippen LogP contribution in [0, 0.1) is 0 Å². The highest BCUT2D eigenvalue weighted by Gasteiger charge is 2.26. The zero-order chi connectivity index (χ0) is 16.3. The second-order valence-corrected chi connectivity index (χ2v) is 6.89. The van der Waals surface area contributed by atoms with Crippen LogP contribution in [0.1, 0.15) is 52.0 Å². The summed E-state index contributed by atoms with van der Waals surface area (Å²) in [6, 6.07) is 14.9.